The van der Waals surface area contributed by atoms with E-state index < -0.39 is 0 Å². The van der Waals surface area contributed by atoms with E-state index >= 15 is 0 Å². The molecular weight excluding hydrogens is 260 g/mol. The van der Waals surface area contributed by atoms with Crippen LogP contribution < -0.4 is 5.32 Å². The van der Waals surface area contributed by atoms with Crippen LogP contribution in [0.1, 0.15) is 32.9 Å². The Labute approximate surface area is 115 Å². The van der Waals surface area contributed by atoms with Crippen LogP contribution in [0.25, 0.3) is 0 Å². The third-order valence-corrected chi connectivity index (χ3v) is 4.35. The molecule has 0 saturated carbocycles. The number of phenols is 1. The molecule has 0 spiro atoms. The summed E-state index contributed by atoms with van der Waals surface area (Å²) >= 11 is 1.56. The van der Waals surface area contributed by atoms with Crippen LogP contribution in [0.2, 0.25) is 0 Å². The van der Waals surface area contributed by atoms with Gasteiger partial charge in [0.15, 0.2) is 5.13 Å². The highest BCUT2D eigenvalue weighted by atomic mass is 32.1. The van der Waals surface area contributed by atoms with Gasteiger partial charge in [-0.1, -0.05) is 0 Å². The SMILES string of the molecule is Cc1cc(C(=O)Nc2nc3c(s2)CCC3)ccc1O. The Balaban J connectivity index is 1.78. The summed E-state index contributed by atoms with van der Waals surface area (Å²) in [6, 6.07) is 4.82. The van der Waals surface area contributed by atoms with Crippen molar-refractivity contribution in [2.75, 3.05) is 5.32 Å². The molecule has 0 bridgehead atoms. The molecule has 1 aliphatic carbocycles. The van der Waals surface area contributed by atoms with Crippen LogP contribution in [-0.2, 0) is 12.8 Å². The zero-order valence-corrected chi connectivity index (χ0v) is 11.4. The van der Waals surface area contributed by atoms with E-state index in [0.717, 1.165) is 18.5 Å². The number of hydrogen-bond acceptors (Lipinski definition) is 4. The lowest BCUT2D eigenvalue weighted by Crippen LogP contribution is -2.11. The average molecular weight is 274 g/mol. The summed E-state index contributed by atoms with van der Waals surface area (Å²) in [6.45, 7) is 1.77. The van der Waals surface area contributed by atoms with Crippen LogP contribution in [0.5, 0.6) is 5.75 Å². The molecule has 0 radical (unpaired) electrons. The standard InChI is InChI=1S/C14H14N2O2S/c1-8-7-9(5-6-11(8)17)13(18)16-14-15-10-3-2-4-12(10)19-14/h5-7,17H,2-4H2,1H3,(H,15,16,18). The maximum atomic E-state index is 12.1. The van der Waals surface area contributed by atoms with Gasteiger partial charge in [0.2, 0.25) is 0 Å². The van der Waals surface area contributed by atoms with E-state index in [-0.39, 0.29) is 11.7 Å². The molecule has 5 heteroatoms. The van der Waals surface area contributed by atoms with E-state index in [2.05, 4.69) is 10.3 Å². The Hall–Kier alpha value is -1.88. The minimum atomic E-state index is -0.185. The molecule has 0 fully saturated rings. The lowest BCUT2D eigenvalue weighted by atomic mass is 10.1. The number of aromatic nitrogens is 1. The number of fused-ring (bicyclic) bond motifs is 1. The largest absolute Gasteiger partial charge is 0.508 e. The van der Waals surface area contributed by atoms with Gasteiger partial charge in [0.25, 0.3) is 5.91 Å². The predicted molar refractivity (Wildman–Crippen MR) is 74.9 cm³/mol. The molecule has 1 heterocycles. The normalized spacial score (nSPS) is 13.3. The molecule has 0 unspecified atom stereocenters. The second-order valence-electron chi connectivity index (χ2n) is 4.70. The molecule has 1 aromatic heterocycles. The Bertz CT molecular complexity index is 627. The Morgan fingerprint density at radius 3 is 3.00 bits per heavy atom. The molecule has 1 aromatic carbocycles. The van der Waals surface area contributed by atoms with Crippen LogP contribution in [0.4, 0.5) is 5.13 Å². The van der Waals surface area contributed by atoms with E-state index in [4.69, 9.17) is 0 Å². The molecule has 98 valence electrons. The molecule has 1 aliphatic rings. The van der Waals surface area contributed by atoms with E-state index in [1.54, 1.807) is 30.4 Å². The number of carbonyl (C=O) groups is 1. The Kier molecular flexibility index (Phi) is 2.98. The number of aryl methyl sites for hydroxylation is 3. The summed E-state index contributed by atoms with van der Waals surface area (Å²) in [4.78, 5) is 17.8. The number of carbonyl (C=O) groups excluding carboxylic acids is 1. The van der Waals surface area contributed by atoms with Crippen molar-refractivity contribution in [3.63, 3.8) is 0 Å². The maximum absolute atomic E-state index is 12.1. The second-order valence-corrected chi connectivity index (χ2v) is 5.78. The topological polar surface area (TPSA) is 62.2 Å². The fourth-order valence-electron chi connectivity index (χ4n) is 2.21. The van der Waals surface area contributed by atoms with Crippen LogP contribution >= 0.6 is 11.3 Å². The predicted octanol–water partition coefficient (Wildman–Crippen LogP) is 2.90. The van der Waals surface area contributed by atoms with Crippen LogP contribution in [0, 0.1) is 6.92 Å². The van der Waals surface area contributed by atoms with Crippen molar-refractivity contribution in [3.05, 3.63) is 39.9 Å². The molecule has 2 N–H and O–H groups in total. The first-order chi connectivity index (χ1) is 9.13. The molecule has 0 aliphatic heterocycles. The third kappa shape index (κ3) is 2.33. The number of thiazole rings is 1. The molecule has 4 nitrogen and oxygen atoms in total. The number of amides is 1. The number of phenolic OH excluding ortho intramolecular Hbond substituents is 1. The number of benzene rings is 1. The van der Waals surface area contributed by atoms with E-state index in [1.807, 2.05) is 0 Å². The lowest BCUT2D eigenvalue weighted by molar-refractivity contribution is 0.102. The Morgan fingerprint density at radius 2 is 2.26 bits per heavy atom. The lowest BCUT2D eigenvalue weighted by Gasteiger charge is -2.04. The van der Waals surface area contributed by atoms with E-state index in [1.165, 1.54) is 17.4 Å². The van der Waals surface area contributed by atoms with Gasteiger partial charge in [-0.2, -0.15) is 0 Å². The highest BCUT2D eigenvalue weighted by Crippen LogP contribution is 2.30. The minimum absolute atomic E-state index is 0.185. The second kappa shape index (κ2) is 4.66. The fourth-order valence-corrected chi connectivity index (χ4v) is 3.25. The molecule has 19 heavy (non-hydrogen) atoms. The number of hydrogen-bond donors (Lipinski definition) is 2. The van der Waals surface area contributed by atoms with Gasteiger partial charge in [0.05, 0.1) is 5.69 Å². The first-order valence-corrected chi connectivity index (χ1v) is 7.04. The number of nitrogens with one attached hydrogen (secondary N) is 1. The van der Waals surface area contributed by atoms with Gasteiger partial charge in [-0.3, -0.25) is 10.1 Å². The van der Waals surface area contributed by atoms with E-state index in [9.17, 15) is 9.90 Å². The molecular formula is C14H14N2O2S. The summed E-state index contributed by atoms with van der Waals surface area (Å²) in [7, 11) is 0. The molecule has 1 amide bonds. The monoisotopic (exact) mass is 274 g/mol. The quantitative estimate of drug-likeness (QED) is 0.885. The number of nitrogens with zero attached hydrogens (tertiary/aromatic N) is 1. The average Bonchev–Trinajstić information content (AvgIpc) is 2.93. The van der Waals surface area contributed by atoms with Gasteiger partial charge in [0.1, 0.15) is 5.75 Å². The zero-order valence-electron chi connectivity index (χ0n) is 10.6. The number of anilines is 1. The zero-order chi connectivity index (χ0) is 13.4. The van der Waals surface area contributed by atoms with Crippen molar-refractivity contribution < 1.29 is 9.90 Å². The third-order valence-electron chi connectivity index (χ3n) is 3.28. The summed E-state index contributed by atoms with van der Waals surface area (Å²) in [5.41, 5.74) is 2.35. The molecule has 0 saturated heterocycles. The maximum Gasteiger partial charge on any atom is 0.257 e. The highest BCUT2D eigenvalue weighted by Gasteiger charge is 2.18. The van der Waals surface area contributed by atoms with Crippen LogP contribution in [0.3, 0.4) is 0 Å². The summed E-state index contributed by atoms with van der Waals surface area (Å²) in [5, 5.41) is 12.9. The number of rotatable bonds is 2. The number of aromatic hydroxyl groups is 1. The minimum Gasteiger partial charge on any atom is -0.508 e. The molecule has 3 rings (SSSR count). The van der Waals surface area contributed by atoms with Gasteiger partial charge < -0.3 is 5.11 Å². The fraction of sp³-hybridized carbons (Fsp3) is 0.286. The van der Waals surface area contributed by atoms with Crippen molar-refractivity contribution >= 4 is 22.4 Å². The van der Waals surface area contributed by atoms with Gasteiger partial charge in [0, 0.05) is 10.4 Å². The van der Waals surface area contributed by atoms with E-state index in [0.29, 0.717) is 16.3 Å². The van der Waals surface area contributed by atoms with Crippen molar-refractivity contribution in [2.24, 2.45) is 0 Å². The van der Waals surface area contributed by atoms with Crippen molar-refractivity contribution in [1.82, 2.24) is 4.98 Å². The van der Waals surface area contributed by atoms with Gasteiger partial charge >= 0.3 is 0 Å². The van der Waals surface area contributed by atoms with Gasteiger partial charge in [-0.25, -0.2) is 4.98 Å². The molecule has 0 atom stereocenters. The smallest absolute Gasteiger partial charge is 0.257 e. The first kappa shape index (κ1) is 12.2. The summed E-state index contributed by atoms with van der Waals surface area (Å²) in [5.74, 6) is 0.0142. The first-order valence-electron chi connectivity index (χ1n) is 6.23. The summed E-state index contributed by atoms with van der Waals surface area (Å²) in [6.07, 6.45) is 3.25. The van der Waals surface area contributed by atoms with Crippen molar-refractivity contribution in [2.45, 2.75) is 26.2 Å². The van der Waals surface area contributed by atoms with Crippen molar-refractivity contribution in [3.8, 4) is 5.75 Å². The molecule has 2 aromatic rings. The van der Waals surface area contributed by atoms with Crippen molar-refractivity contribution in [1.29, 1.82) is 0 Å². The summed E-state index contributed by atoms with van der Waals surface area (Å²) < 4.78 is 0. The Morgan fingerprint density at radius 1 is 1.42 bits per heavy atom. The van der Waals surface area contributed by atoms with Crippen LogP contribution in [0.15, 0.2) is 18.2 Å². The van der Waals surface area contributed by atoms with Gasteiger partial charge in [-0.15, -0.1) is 11.3 Å². The van der Waals surface area contributed by atoms with Crippen LogP contribution in [-0.4, -0.2) is 16.0 Å². The highest BCUT2D eigenvalue weighted by molar-refractivity contribution is 7.15. The van der Waals surface area contributed by atoms with Gasteiger partial charge in [-0.05, 0) is 49.9 Å².